The number of ether oxygens (including phenoxy) is 1. The van der Waals surface area contributed by atoms with Gasteiger partial charge in [0, 0.05) is 31.6 Å². The summed E-state index contributed by atoms with van der Waals surface area (Å²) in [6.45, 7) is 1.97. The maximum atomic E-state index is 12.1. The van der Waals surface area contributed by atoms with Gasteiger partial charge in [0.1, 0.15) is 11.4 Å². The number of aryl methyl sites for hydroxylation is 1. The number of aromatic nitrogens is 2. The Labute approximate surface area is 127 Å². The highest BCUT2D eigenvalue weighted by Crippen LogP contribution is 2.20. The van der Waals surface area contributed by atoms with Crippen molar-refractivity contribution in [2.75, 3.05) is 6.61 Å². The number of imidazole rings is 1. The average Bonchev–Trinajstić information content (AvgIpc) is 2.91. The normalized spacial score (nSPS) is 11.3. The van der Waals surface area contributed by atoms with Gasteiger partial charge in [-0.25, -0.2) is 9.78 Å². The summed E-state index contributed by atoms with van der Waals surface area (Å²) < 4.78 is 6.75. The fraction of sp³-hybridized carbons (Fsp3) is 0.200. The fourth-order valence-electron chi connectivity index (χ4n) is 1.91. The van der Waals surface area contributed by atoms with Crippen molar-refractivity contribution in [2.24, 2.45) is 7.05 Å². The van der Waals surface area contributed by atoms with E-state index < -0.39 is 10.9 Å². The van der Waals surface area contributed by atoms with Gasteiger partial charge in [-0.1, -0.05) is 0 Å². The predicted octanol–water partition coefficient (Wildman–Crippen LogP) is 2.43. The highest BCUT2D eigenvalue weighted by atomic mass is 16.6. The van der Waals surface area contributed by atoms with Crippen LogP contribution in [0, 0.1) is 10.1 Å². The van der Waals surface area contributed by atoms with Gasteiger partial charge in [-0.05, 0) is 30.7 Å². The smallest absolute Gasteiger partial charge is 0.341 e. The lowest BCUT2D eigenvalue weighted by atomic mass is 10.1. The van der Waals surface area contributed by atoms with E-state index in [2.05, 4.69) is 4.98 Å². The SMILES string of the molecule is CCOC(=O)/C(=C\c1ccc([N+](=O)[O-])cc1)c1nccn1C. The second kappa shape index (κ2) is 6.66. The molecular formula is C15H15N3O4. The number of hydrogen-bond donors (Lipinski definition) is 0. The van der Waals surface area contributed by atoms with Gasteiger partial charge in [0.25, 0.3) is 5.69 Å². The van der Waals surface area contributed by atoms with Crippen LogP contribution in [0.3, 0.4) is 0 Å². The molecule has 7 heteroatoms. The van der Waals surface area contributed by atoms with Gasteiger partial charge in [-0.2, -0.15) is 0 Å². The van der Waals surface area contributed by atoms with E-state index in [1.54, 1.807) is 49.1 Å². The molecule has 0 bridgehead atoms. The van der Waals surface area contributed by atoms with E-state index in [-0.39, 0.29) is 12.3 Å². The molecule has 0 aliphatic carbocycles. The van der Waals surface area contributed by atoms with E-state index >= 15 is 0 Å². The van der Waals surface area contributed by atoms with E-state index in [1.165, 1.54) is 12.1 Å². The molecule has 1 aromatic heterocycles. The van der Waals surface area contributed by atoms with Crippen LogP contribution in [0.1, 0.15) is 18.3 Å². The van der Waals surface area contributed by atoms with Crippen LogP contribution in [0.2, 0.25) is 0 Å². The Morgan fingerprint density at radius 2 is 2.09 bits per heavy atom. The third-order valence-corrected chi connectivity index (χ3v) is 2.97. The minimum absolute atomic E-state index is 0.00757. The van der Waals surface area contributed by atoms with Crippen LogP contribution in [0.25, 0.3) is 11.6 Å². The van der Waals surface area contributed by atoms with Gasteiger partial charge in [0.2, 0.25) is 0 Å². The Balaban J connectivity index is 2.42. The first-order valence-corrected chi connectivity index (χ1v) is 6.64. The maximum Gasteiger partial charge on any atom is 0.341 e. The number of carbonyl (C=O) groups is 1. The highest BCUT2D eigenvalue weighted by Gasteiger charge is 2.17. The van der Waals surface area contributed by atoms with Gasteiger partial charge < -0.3 is 9.30 Å². The number of benzene rings is 1. The van der Waals surface area contributed by atoms with E-state index in [1.807, 2.05) is 0 Å². The first-order chi connectivity index (χ1) is 10.5. The quantitative estimate of drug-likeness (QED) is 0.366. The highest BCUT2D eigenvalue weighted by molar-refractivity contribution is 6.20. The topological polar surface area (TPSA) is 87.3 Å². The fourth-order valence-corrected chi connectivity index (χ4v) is 1.91. The number of carbonyl (C=O) groups excluding carboxylic acids is 1. The lowest BCUT2D eigenvalue weighted by Crippen LogP contribution is -2.10. The molecule has 2 aromatic rings. The minimum Gasteiger partial charge on any atom is -0.462 e. The van der Waals surface area contributed by atoms with Crippen LogP contribution in [0.15, 0.2) is 36.7 Å². The second-order valence-corrected chi connectivity index (χ2v) is 4.49. The second-order valence-electron chi connectivity index (χ2n) is 4.49. The van der Waals surface area contributed by atoms with E-state index in [9.17, 15) is 14.9 Å². The molecule has 0 unspecified atom stereocenters. The molecule has 0 aliphatic rings. The zero-order valence-corrected chi connectivity index (χ0v) is 12.2. The van der Waals surface area contributed by atoms with Crippen LogP contribution in [-0.2, 0) is 16.6 Å². The molecule has 2 rings (SSSR count). The van der Waals surface area contributed by atoms with Crippen LogP contribution in [0.5, 0.6) is 0 Å². The number of nitrogens with zero attached hydrogens (tertiary/aromatic N) is 3. The van der Waals surface area contributed by atoms with Crippen molar-refractivity contribution in [3.05, 3.63) is 58.2 Å². The van der Waals surface area contributed by atoms with Gasteiger partial charge in [0.05, 0.1) is 11.5 Å². The summed E-state index contributed by atoms with van der Waals surface area (Å²) in [5, 5.41) is 10.7. The summed E-state index contributed by atoms with van der Waals surface area (Å²) in [6, 6.07) is 5.90. The van der Waals surface area contributed by atoms with Crippen molar-refractivity contribution in [3.8, 4) is 0 Å². The summed E-state index contributed by atoms with van der Waals surface area (Å²) >= 11 is 0. The summed E-state index contributed by atoms with van der Waals surface area (Å²) in [4.78, 5) is 26.5. The number of rotatable bonds is 5. The van der Waals surface area contributed by atoms with Crippen molar-refractivity contribution in [1.82, 2.24) is 9.55 Å². The van der Waals surface area contributed by atoms with Gasteiger partial charge in [-0.15, -0.1) is 0 Å². The maximum absolute atomic E-state index is 12.1. The zero-order valence-electron chi connectivity index (χ0n) is 12.2. The van der Waals surface area contributed by atoms with E-state index in [4.69, 9.17) is 4.74 Å². The predicted molar refractivity (Wildman–Crippen MR) is 80.8 cm³/mol. The van der Waals surface area contributed by atoms with Crippen molar-refractivity contribution >= 4 is 23.3 Å². The third-order valence-electron chi connectivity index (χ3n) is 2.97. The molecule has 0 radical (unpaired) electrons. The van der Waals surface area contributed by atoms with Crippen molar-refractivity contribution in [2.45, 2.75) is 6.92 Å². The summed E-state index contributed by atoms with van der Waals surface area (Å²) in [5.41, 5.74) is 0.937. The standard InChI is InChI=1S/C15H15N3O4/c1-3-22-15(19)13(14-16-8-9-17(14)2)10-11-4-6-12(7-5-11)18(20)21/h4-10H,3H2,1-2H3/b13-10-. The van der Waals surface area contributed by atoms with Crippen molar-refractivity contribution < 1.29 is 14.5 Å². The molecule has 0 atom stereocenters. The minimum atomic E-state index is -0.491. The molecule has 22 heavy (non-hydrogen) atoms. The first kappa shape index (κ1) is 15.4. The Kier molecular flexibility index (Phi) is 4.67. The van der Waals surface area contributed by atoms with E-state index in [0.717, 1.165) is 0 Å². The molecule has 1 aromatic carbocycles. The van der Waals surface area contributed by atoms with Crippen molar-refractivity contribution in [1.29, 1.82) is 0 Å². The Morgan fingerprint density at radius 3 is 2.59 bits per heavy atom. The largest absolute Gasteiger partial charge is 0.462 e. The molecule has 0 saturated heterocycles. The number of hydrogen-bond acceptors (Lipinski definition) is 5. The van der Waals surface area contributed by atoms with Gasteiger partial charge in [-0.3, -0.25) is 10.1 Å². The number of non-ortho nitro benzene ring substituents is 1. The summed E-state index contributed by atoms with van der Waals surface area (Å²) in [6.07, 6.45) is 4.90. The third kappa shape index (κ3) is 3.38. The summed E-state index contributed by atoms with van der Waals surface area (Å²) in [7, 11) is 1.77. The first-order valence-electron chi connectivity index (χ1n) is 6.64. The van der Waals surface area contributed by atoms with Gasteiger partial charge >= 0.3 is 5.97 Å². The molecule has 7 nitrogen and oxygen atoms in total. The Hall–Kier alpha value is -2.96. The van der Waals surface area contributed by atoms with Crippen molar-refractivity contribution in [3.63, 3.8) is 0 Å². The lowest BCUT2D eigenvalue weighted by molar-refractivity contribution is -0.384. The molecule has 0 saturated carbocycles. The number of nitro benzene ring substituents is 1. The zero-order chi connectivity index (χ0) is 16.1. The van der Waals surface area contributed by atoms with Gasteiger partial charge in [0.15, 0.2) is 0 Å². The molecule has 0 N–H and O–H groups in total. The monoisotopic (exact) mass is 301 g/mol. The summed E-state index contributed by atoms with van der Waals surface area (Å²) in [5.74, 6) is -0.0213. The van der Waals surface area contributed by atoms with Crippen LogP contribution in [-0.4, -0.2) is 27.1 Å². The number of nitro groups is 1. The number of esters is 1. The molecule has 0 spiro atoms. The van der Waals surface area contributed by atoms with Crippen LogP contribution >= 0.6 is 0 Å². The molecule has 114 valence electrons. The molecule has 0 aliphatic heterocycles. The lowest BCUT2D eigenvalue weighted by Gasteiger charge is -2.07. The molecule has 0 fully saturated rings. The van der Waals surface area contributed by atoms with Crippen LogP contribution < -0.4 is 0 Å². The average molecular weight is 301 g/mol. The molecule has 1 heterocycles. The van der Waals surface area contributed by atoms with E-state index in [0.29, 0.717) is 17.0 Å². The Bertz CT molecular complexity index is 717. The molecule has 0 amide bonds. The molecular weight excluding hydrogens is 286 g/mol. The van der Waals surface area contributed by atoms with Crippen LogP contribution in [0.4, 0.5) is 5.69 Å². The Morgan fingerprint density at radius 1 is 1.41 bits per heavy atom.